The predicted molar refractivity (Wildman–Crippen MR) is 106 cm³/mol. The Labute approximate surface area is 164 Å². The standard InChI is InChI=1S/C20H26N4O4/c1-3-16(21-8-9-23-10-12-28-13-11-23)17-18(25)22-20(27)24(19(17)26)15-6-4-14(2)5-7-15/h4-7,17H,3,8-13H2,1-2H3,(H,22,25,27). The zero-order valence-corrected chi connectivity index (χ0v) is 16.3. The summed E-state index contributed by atoms with van der Waals surface area (Å²) < 4.78 is 5.33. The first-order valence-corrected chi connectivity index (χ1v) is 9.60. The maximum Gasteiger partial charge on any atom is 0.335 e. The number of benzene rings is 1. The molecule has 0 spiro atoms. The Bertz CT molecular complexity index is 769. The topological polar surface area (TPSA) is 91.3 Å². The van der Waals surface area contributed by atoms with Gasteiger partial charge in [0, 0.05) is 25.3 Å². The van der Waals surface area contributed by atoms with Crippen LogP contribution in [0.4, 0.5) is 10.5 Å². The molecule has 1 N–H and O–H groups in total. The summed E-state index contributed by atoms with van der Waals surface area (Å²) in [4.78, 5) is 45.6. The number of barbiturate groups is 1. The zero-order valence-electron chi connectivity index (χ0n) is 16.3. The Balaban J connectivity index is 1.76. The van der Waals surface area contributed by atoms with E-state index in [0.29, 0.717) is 37.6 Å². The van der Waals surface area contributed by atoms with E-state index in [9.17, 15) is 14.4 Å². The van der Waals surface area contributed by atoms with Gasteiger partial charge in [0.05, 0.1) is 25.4 Å². The van der Waals surface area contributed by atoms with Gasteiger partial charge in [0.25, 0.3) is 5.91 Å². The van der Waals surface area contributed by atoms with Crippen LogP contribution in [0.1, 0.15) is 18.9 Å². The zero-order chi connectivity index (χ0) is 20.1. The van der Waals surface area contributed by atoms with Crippen molar-refractivity contribution in [3.63, 3.8) is 0 Å². The Morgan fingerprint density at radius 1 is 1.18 bits per heavy atom. The van der Waals surface area contributed by atoms with Gasteiger partial charge in [-0.05, 0) is 25.5 Å². The van der Waals surface area contributed by atoms with Crippen molar-refractivity contribution in [2.24, 2.45) is 10.9 Å². The fourth-order valence-corrected chi connectivity index (χ4v) is 3.37. The number of aliphatic imine (C=N–C) groups is 1. The van der Waals surface area contributed by atoms with Gasteiger partial charge in [-0.25, -0.2) is 9.69 Å². The summed E-state index contributed by atoms with van der Waals surface area (Å²) in [6.45, 7) is 8.16. The highest BCUT2D eigenvalue weighted by Gasteiger charge is 2.43. The van der Waals surface area contributed by atoms with E-state index < -0.39 is 23.8 Å². The second kappa shape index (κ2) is 9.07. The monoisotopic (exact) mass is 386 g/mol. The molecule has 2 aliphatic rings. The molecule has 0 aromatic heterocycles. The van der Waals surface area contributed by atoms with E-state index in [2.05, 4.69) is 15.2 Å². The minimum Gasteiger partial charge on any atom is -0.379 e. The van der Waals surface area contributed by atoms with Gasteiger partial charge in [-0.2, -0.15) is 0 Å². The lowest BCUT2D eigenvalue weighted by Gasteiger charge is -2.31. The van der Waals surface area contributed by atoms with Gasteiger partial charge >= 0.3 is 6.03 Å². The number of aryl methyl sites for hydroxylation is 1. The van der Waals surface area contributed by atoms with E-state index in [-0.39, 0.29) is 0 Å². The molecule has 150 valence electrons. The van der Waals surface area contributed by atoms with Gasteiger partial charge in [0.15, 0.2) is 5.92 Å². The lowest BCUT2D eigenvalue weighted by molar-refractivity contribution is -0.131. The number of hydrogen-bond donors (Lipinski definition) is 1. The van der Waals surface area contributed by atoms with Crippen LogP contribution in [-0.4, -0.2) is 67.8 Å². The highest BCUT2D eigenvalue weighted by Crippen LogP contribution is 2.22. The lowest BCUT2D eigenvalue weighted by Crippen LogP contribution is -2.60. The molecule has 8 heteroatoms. The van der Waals surface area contributed by atoms with Crippen molar-refractivity contribution in [1.29, 1.82) is 0 Å². The van der Waals surface area contributed by atoms with Crippen LogP contribution in [-0.2, 0) is 14.3 Å². The maximum atomic E-state index is 13.0. The first kappa shape index (κ1) is 20.2. The summed E-state index contributed by atoms with van der Waals surface area (Å²) in [5, 5.41) is 2.30. The molecule has 0 saturated carbocycles. The van der Waals surface area contributed by atoms with E-state index in [4.69, 9.17) is 4.74 Å². The van der Waals surface area contributed by atoms with Gasteiger partial charge < -0.3 is 4.74 Å². The predicted octanol–water partition coefficient (Wildman–Crippen LogP) is 1.38. The molecule has 2 aliphatic heterocycles. The first-order valence-electron chi connectivity index (χ1n) is 9.60. The van der Waals surface area contributed by atoms with E-state index in [1.165, 1.54) is 0 Å². The molecule has 0 bridgehead atoms. The summed E-state index contributed by atoms with van der Waals surface area (Å²) >= 11 is 0. The molecule has 1 aromatic rings. The van der Waals surface area contributed by atoms with Crippen LogP contribution in [0.2, 0.25) is 0 Å². The van der Waals surface area contributed by atoms with E-state index in [1.807, 2.05) is 26.0 Å². The number of nitrogens with zero attached hydrogens (tertiary/aromatic N) is 3. The number of anilines is 1. The van der Waals surface area contributed by atoms with E-state index in [1.54, 1.807) is 12.1 Å². The minimum atomic E-state index is -1.08. The normalized spacial score (nSPS) is 21.8. The molecule has 28 heavy (non-hydrogen) atoms. The Kier molecular flexibility index (Phi) is 6.53. The molecule has 2 heterocycles. The molecule has 8 nitrogen and oxygen atoms in total. The van der Waals surface area contributed by atoms with E-state index >= 15 is 0 Å². The number of hydrogen-bond acceptors (Lipinski definition) is 6. The first-order chi connectivity index (χ1) is 13.5. The van der Waals surface area contributed by atoms with Crippen LogP contribution in [0.5, 0.6) is 0 Å². The van der Waals surface area contributed by atoms with Crippen LogP contribution >= 0.6 is 0 Å². The van der Waals surface area contributed by atoms with Crippen LogP contribution in [0, 0.1) is 12.8 Å². The number of amides is 4. The third-order valence-electron chi connectivity index (χ3n) is 4.99. The summed E-state index contributed by atoms with van der Waals surface area (Å²) in [6.07, 6.45) is 0.461. The highest BCUT2D eigenvalue weighted by molar-refractivity contribution is 6.35. The molecular formula is C20H26N4O4. The lowest BCUT2D eigenvalue weighted by atomic mass is 9.96. The molecule has 1 atom stereocenters. The van der Waals surface area contributed by atoms with Crippen LogP contribution in [0.25, 0.3) is 0 Å². The molecule has 1 unspecified atom stereocenters. The second-order valence-corrected chi connectivity index (χ2v) is 6.92. The molecule has 2 saturated heterocycles. The molecule has 3 rings (SSSR count). The third kappa shape index (κ3) is 4.45. The average molecular weight is 386 g/mol. The largest absolute Gasteiger partial charge is 0.379 e. The van der Waals surface area contributed by atoms with E-state index in [0.717, 1.165) is 30.1 Å². The van der Waals surface area contributed by atoms with Gasteiger partial charge in [-0.1, -0.05) is 24.6 Å². The number of carbonyl (C=O) groups is 3. The summed E-state index contributed by atoms with van der Waals surface area (Å²) in [5.41, 5.74) is 1.95. The minimum absolute atomic E-state index is 0.439. The molecular weight excluding hydrogens is 360 g/mol. The van der Waals surface area contributed by atoms with Crippen molar-refractivity contribution in [3.8, 4) is 0 Å². The molecule has 4 amide bonds. The van der Waals surface area contributed by atoms with Crippen LogP contribution in [0.3, 0.4) is 0 Å². The van der Waals surface area contributed by atoms with Gasteiger partial charge in [-0.15, -0.1) is 0 Å². The third-order valence-corrected chi connectivity index (χ3v) is 4.99. The Hall–Kier alpha value is -2.58. The summed E-state index contributed by atoms with van der Waals surface area (Å²) in [5.74, 6) is -2.23. The maximum absolute atomic E-state index is 13.0. The van der Waals surface area contributed by atoms with Crippen molar-refractivity contribution < 1.29 is 19.1 Å². The molecule has 2 fully saturated rings. The van der Waals surface area contributed by atoms with Crippen molar-refractivity contribution in [2.45, 2.75) is 20.3 Å². The SMILES string of the molecule is CCC(=NCCN1CCOCC1)C1C(=O)NC(=O)N(c2ccc(C)cc2)C1=O. The Morgan fingerprint density at radius 3 is 2.50 bits per heavy atom. The van der Waals surface area contributed by atoms with Gasteiger partial charge in [0.1, 0.15) is 0 Å². The highest BCUT2D eigenvalue weighted by atomic mass is 16.5. The average Bonchev–Trinajstić information content (AvgIpc) is 2.68. The summed E-state index contributed by atoms with van der Waals surface area (Å²) in [6, 6.07) is 6.30. The second-order valence-electron chi connectivity index (χ2n) is 6.92. The number of morpholine rings is 1. The van der Waals surface area contributed by atoms with Gasteiger partial charge in [-0.3, -0.25) is 24.8 Å². The number of urea groups is 1. The fraction of sp³-hybridized carbons (Fsp3) is 0.500. The number of carbonyl (C=O) groups excluding carboxylic acids is 3. The van der Waals surface area contributed by atoms with Crippen molar-refractivity contribution >= 4 is 29.2 Å². The van der Waals surface area contributed by atoms with Crippen molar-refractivity contribution in [2.75, 3.05) is 44.3 Å². The van der Waals surface area contributed by atoms with Crippen molar-refractivity contribution in [1.82, 2.24) is 10.2 Å². The molecule has 0 radical (unpaired) electrons. The van der Waals surface area contributed by atoms with Crippen molar-refractivity contribution in [3.05, 3.63) is 29.8 Å². The molecule has 1 aromatic carbocycles. The number of nitrogens with one attached hydrogen (secondary N) is 1. The quantitative estimate of drug-likeness (QED) is 0.589. The number of rotatable bonds is 6. The molecule has 0 aliphatic carbocycles. The van der Waals surface area contributed by atoms with Gasteiger partial charge in [0.2, 0.25) is 5.91 Å². The number of ether oxygens (including phenoxy) is 1. The Morgan fingerprint density at radius 2 is 1.86 bits per heavy atom. The van der Waals surface area contributed by atoms with Crippen LogP contribution < -0.4 is 10.2 Å². The smallest absolute Gasteiger partial charge is 0.335 e. The van der Waals surface area contributed by atoms with Crippen LogP contribution in [0.15, 0.2) is 29.3 Å². The summed E-state index contributed by atoms with van der Waals surface area (Å²) in [7, 11) is 0. The number of imide groups is 2. The fourth-order valence-electron chi connectivity index (χ4n) is 3.37.